The molecule has 1 aromatic heterocycles. The molecule has 1 aromatic carbocycles. The first kappa shape index (κ1) is 10.4. The number of nitrogens with zero attached hydrogens (tertiary/aromatic N) is 2. The van der Waals surface area contributed by atoms with E-state index in [2.05, 4.69) is 10.2 Å². The molecule has 0 radical (unpaired) electrons. The average molecular weight is 244 g/mol. The lowest BCUT2D eigenvalue weighted by Gasteiger charge is -2.00. The highest BCUT2D eigenvalue weighted by Crippen LogP contribution is 2.33. The van der Waals surface area contributed by atoms with Gasteiger partial charge in [0.2, 0.25) is 5.89 Å². The maximum absolute atomic E-state index is 5.97. The van der Waals surface area contributed by atoms with Crippen LogP contribution in [0.3, 0.4) is 0 Å². The first-order valence-corrected chi connectivity index (χ1v) is 4.95. The van der Waals surface area contributed by atoms with E-state index in [-0.39, 0.29) is 12.4 Å². The van der Waals surface area contributed by atoms with Gasteiger partial charge in [0.1, 0.15) is 0 Å². The molecule has 0 aliphatic rings. The second-order valence-electron chi connectivity index (χ2n) is 2.80. The molecule has 15 heavy (non-hydrogen) atoms. The molecule has 0 aliphatic heterocycles. The zero-order valence-corrected chi connectivity index (χ0v) is 9.09. The Kier molecular flexibility index (Phi) is 2.90. The second kappa shape index (κ2) is 4.18. The summed E-state index contributed by atoms with van der Waals surface area (Å²) in [6.07, 6.45) is 0. The topological polar surface area (TPSA) is 64.9 Å². The van der Waals surface area contributed by atoms with E-state index in [1.54, 1.807) is 18.2 Å². The van der Waals surface area contributed by atoms with E-state index in [1.807, 2.05) is 0 Å². The van der Waals surface area contributed by atoms with Crippen molar-refractivity contribution in [2.24, 2.45) is 5.73 Å². The molecule has 78 valence electrons. The predicted molar refractivity (Wildman–Crippen MR) is 57.6 cm³/mol. The summed E-state index contributed by atoms with van der Waals surface area (Å²) in [5.41, 5.74) is 5.89. The zero-order valence-electron chi connectivity index (χ0n) is 7.58. The standard InChI is InChI=1S/C9H7Cl2N3O/c10-5-2-1-3-6(11)8(5)9-14-13-7(4-12)15-9/h1-3H,4,12H2. The average Bonchev–Trinajstić information content (AvgIpc) is 2.66. The molecule has 0 bridgehead atoms. The van der Waals surface area contributed by atoms with Crippen molar-refractivity contribution < 1.29 is 4.42 Å². The fourth-order valence-corrected chi connectivity index (χ4v) is 1.70. The molecular weight excluding hydrogens is 237 g/mol. The highest BCUT2D eigenvalue weighted by Gasteiger charge is 2.14. The molecule has 0 amide bonds. The highest BCUT2D eigenvalue weighted by atomic mass is 35.5. The van der Waals surface area contributed by atoms with Crippen molar-refractivity contribution in [3.05, 3.63) is 34.1 Å². The third-order valence-electron chi connectivity index (χ3n) is 1.82. The maximum atomic E-state index is 5.97. The third kappa shape index (κ3) is 1.97. The van der Waals surface area contributed by atoms with Crippen LogP contribution in [0.5, 0.6) is 0 Å². The lowest BCUT2D eigenvalue weighted by Crippen LogP contribution is -1.95. The first-order chi connectivity index (χ1) is 7.22. The highest BCUT2D eigenvalue weighted by molar-refractivity contribution is 6.38. The minimum absolute atomic E-state index is 0.190. The van der Waals surface area contributed by atoms with Gasteiger partial charge in [-0.25, -0.2) is 0 Å². The minimum atomic E-state index is 0.190. The van der Waals surface area contributed by atoms with Crippen molar-refractivity contribution in [3.63, 3.8) is 0 Å². The first-order valence-electron chi connectivity index (χ1n) is 4.19. The Morgan fingerprint density at radius 1 is 1.20 bits per heavy atom. The van der Waals surface area contributed by atoms with Gasteiger partial charge in [-0.1, -0.05) is 29.3 Å². The molecule has 0 fully saturated rings. The minimum Gasteiger partial charge on any atom is -0.419 e. The fraction of sp³-hybridized carbons (Fsp3) is 0.111. The number of hydrogen-bond donors (Lipinski definition) is 1. The quantitative estimate of drug-likeness (QED) is 0.881. The lowest BCUT2D eigenvalue weighted by atomic mass is 10.2. The number of aromatic nitrogens is 2. The smallest absolute Gasteiger partial charge is 0.250 e. The molecule has 2 rings (SSSR count). The maximum Gasteiger partial charge on any atom is 0.250 e. The van der Waals surface area contributed by atoms with E-state index in [4.69, 9.17) is 33.4 Å². The molecule has 0 aliphatic carbocycles. The van der Waals surface area contributed by atoms with Crippen molar-refractivity contribution >= 4 is 23.2 Å². The monoisotopic (exact) mass is 243 g/mol. The van der Waals surface area contributed by atoms with Crippen LogP contribution in [-0.4, -0.2) is 10.2 Å². The van der Waals surface area contributed by atoms with Crippen molar-refractivity contribution in [1.29, 1.82) is 0 Å². The Morgan fingerprint density at radius 3 is 2.40 bits per heavy atom. The van der Waals surface area contributed by atoms with Gasteiger partial charge in [-0.15, -0.1) is 10.2 Å². The van der Waals surface area contributed by atoms with Crippen LogP contribution >= 0.6 is 23.2 Å². The second-order valence-corrected chi connectivity index (χ2v) is 3.62. The Labute approximate surface area is 96.0 Å². The molecule has 0 spiro atoms. The Hall–Kier alpha value is -1.10. The van der Waals surface area contributed by atoms with E-state index >= 15 is 0 Å². The SMILES string of the molecule is NCc1nnc(-c2c(Cl)cccc2Cl)o1. The summed E-state index contributed by atoms with van der Waals surface area (Å²) in [6, 6.07) is 5.15. The molecular formula is C9H7Cl2N3O. The van der Waals surface area contributed by atoms with Gasteiger partial charge in [0.15, 0.2) is 0 Å². The summed E-state index contributed by atoms with van der Waals surface area (Å²) in [6.45, 7) is 0.190. The van der Waals surface area contributed by atoms with Gasteiger partial charge in [0.05, 0.1) is 22.2 Å². The zero-order chi connectivity index (χ0) is 10.8. The molecule has 0 unspecified atom stereocenters. The third-order valence-corrected chi connectivity index (χ3v) is 2.45. The summed E-state index contributed by atoms with van der Waals surface area (Å²) < 4.78 is 5.26. The van der Waals surface area contributed by atoms with Crippen LogP contribution < -0.4 is 5.73 Å². The molecule has 0 atom stereocenters. The molecule has 2 N–H and O–H groups in total. The fourth-order valence-electron chi connectivity index (χ4n) is 1.14. The summed E-state index contributed by atoms with van der Waals surface area (Å²) >= 11 is 11.9. The van der Waals surface area contributed by atoms with E-state index in [1.165, 1.54) is 0 Å². The van der Waals surface area contributed by atoms with Crippen LogP contribution in [0.1, 0.15) is 5.89 Å². The van der Waals surface area contributed by atoms with Gasteiger partial charge in [-0.2, -0.15) is 0 Å². The molecule has 1 heterocycles. The summed E-state index contributed by atoms with van der Waals surface area (Å²) in [5, 5.41) is 8.48. The van der Waals surface area contributed by atoms with Gasteiger partial charge in [0.25, 0.3) is 5.89 Å². The van der Waals surface area contributed by atoms with E-state index in [9.17, 15) is 0 Å². The largest absolute Gasteiger partial charge is 0.419 e. The van der Waals surface area contributed by atoms with Crippen LogP contribution in [0.2, 0.25) is 10.0 Å². The molecule has 6 heteroatoms. The van der Waals surface area contributed by atoms with Crippen molar-refractivity contribution in [3.8, 4) is 11.5 Å². The number of benzene rings is 1. The van der Waals surface area contributed by atoms with Crippen LogP contribution in [-0.2, 0) is 6.54 Å². The van der Waals surface area contributed by atoms with Crippen LogP contribution in [0.25, 0.3) is 11.5 Å². The van der Waals surface area contributed by atoms with Gasteiger partial charge in [-0.05, 0) is 12.1 Å². The van der Waals surface area contributed by atoms with Gasteiger partial charge >= 0.3 is 0 Å². The van der Waals surface area contributed by atoms with Crippen LogP contribution in [0.4, 0.5) is 0 Å². The summed E-state index contributed by atoms with van der Waals surface area (Å²) in [4.78, 5) is 0. The Balaban J connectivity index is 2.53. The predicted octanol–water partition coefficient (Wildman–Crippen LogP) is 2.50. The molecule has 0 saturated carbocycles. The molecule has 0 saturated heterocycles. The summed E-state index contributed by atoms with van der Waals surface area (Å²) in [7, 11) is 0. The summed E-state index contributed by atoms with van der Waals surface area (Å²) in [5.74, 6) is 0.632. The normalized spacial score (nSPS) is 10.6. The molecule has 4 nitrogen and oxygen atoms in total. The van der Waals surface area contributed by atoms with Crippen LogP contribution in [0.15, 0.2) is 22.6 Å². The number of nitrogens with two attached hydrogens (primary N) is 1. The van der Waals surface area contributed by atoms with Crippen molar-refractivity contribution in [1.82, 2.24) is 10.2 Å². The number of rotatable bonds is 2. The van der Waals surface area contributed by atoms with Gasteiger partial charge in [0, 0.05) is 0 Å². The number of hydrogen-bond acceptors (Lipinski definition) is 4. The Bertz CT molecular complexity index is 464. The number of halogens is 2. The van der Waals surface area contributed by atoms with Crippen molar-refractivity contribution in [2.75, 3.05) is 0 Å². The van der Waals surface area contributed by atoms with Crippen LogP contribution in [0, 0.1) is 0 Å². The van der Waals surface area contributed by atoms with E-state index in [0.29, 0.717) is 21.5 Å². The van der Waals surface area contributed by atoms with Crippen molar-refractivity contribution in [2.45, 2.75) is 6.54 Å². The lowest BCUT2D eigenvalue weighted by molar-refractivity contribution is 0.509. The molecule has 2 aromatic rings. The Morgan fingerprint density at radius 2 is 1.87 bits per heavy atom. The van der Waals surface area contributed by atoms with E-state index in [0.717, 1.165) is 0 Å². The van der Waals surface area contributed by atoms with E-state index < -0.39 is 0 Å². The van der Waals surface area contributed by atoms with Gasteiger partial charge < -0.3 is 10.2 Å². The van der Waals surface area contributed by atoms with Gasteiger partial charge in [-0.3, -0.25) is 0 Å².